The Hall–Kier alpha value is -0.770. The van der Waals surface area contributed by atoms with Crippen molar-refractivity contribution in [3.05, 3.63) is 5.89 Å². The summed E-state index contributed by atoms with van der Waals surface area (Å²) < 4.78 is 5.34. The van der Waals surface area contributed by atoms with Crippen molar-refractivity contribution in [3.8, 4) is 0 Å². The summed E-state index contributed by atoms with van der Waals surface area (Å²) in [6.07, 6.45) is 1.19. The van der Waals surface area contributed by atoms with Gasteiger partial charge in [0.15, 0.2) is 0 Å². The van der Waals surface area contributed by atoms with Crippen molar-refractivity contribution in [2.75, 3.05) is 18.0 Å². The highest BCUT2D eigenvalue weighted by Gasteiger charge is 2.22. The van der Waals surface area contributed by atoms with E-state index in [2.05, 4.69) is 22.0 Å². The number of alkyl halides is 1. The summed E-state index contributed by atoms with van der Waals surface area (Å²) in [7, 11) is 0. The zero-order chi connectivity index (χ0) is 9.26. The second kappa shape index (κ2) is 3.54. The minimum Gasteiger partial charge on any atom is -0.407 e. The molecule has 4 nitrogen and oxygen atoms in total. The van der Waals surface area contributed by atoms with Gasteiger partial charge >= 0.3 is 6.01 Å². The molecule has 0 N–H and O–H groups in total. The summed E-state index contributed by atoms with van der Waals surface area (Å²) in [5.41, 5.74) is 0. The van der Waals surface area contributed by atoms with Crippen LogP contribution in [0.1, 0.15) is 19.2 Å². The number of aromatic nitrogens is 2. The quantitative estimate of drug-likeness (QED) is 0.683. The van der Waals surface area contributed by atoms with Crippen LogP contribution in [-0.4, -0.2) is 23.3 Å². The van der Waals surface area contributed by atoms with Crippen molar-refractivity contribution >= 4 is 17.6 Å². The fraction of sp³-hybridized carbons (Fsp3) is 0.750. The Bertz CT molecular complexity index is 289. The highest BCUT2D eigenvalue weighted by Crippen LogP contribution is 2.22. The second-order valence-electron chi connectivity index (χ2n) is 3.45. The van der Waals surface area contributed by atoms with Crippen molar-refractivity contribution in [2.24, 2.45) is 5.92 Å². The molecular weight excluding hydrogens is 190 g/mol. The summed E-state index contributed by atoms with van der Waals surface area (Å²) >= 11 is 5.56. The van der Waals surface area contributed by atoms with Crippen LogP contribution in [0.3, 0.4) is 0 Å². The maximum atomic E-state index is 5.56. The monoisotopic (exact) mass is 201 g/mol. The molecule has 13 heavy (non-hydrogen) atoms. The standard InChI is InChI=1S/C8H12ClN3O/c1-6-2-3-12(5-6)8-11-10-7(4-9)13-8/h6H,2-5H2,1H3. The first-order valence-electron chi connectivity index (χ1n) is 4.43. The molecule has 1 atom stereocenters. The minimum absolute atomic E-state index is 0.288. The van der Waals surface area contributed by atoms with Crippen LogP contribution in [0.5, 0.6) is 0 Å². The molecule has 0 radical (unpaired) electrons. The van der Waals surface area contributed by atoms with Crippen LogP contribution in [0.2, 0.25) is 0 Å². The van der Waals surface area contributed by atoms with Gasteiger partial charge in [-0.25, -0.2) is 0 Å². The normalized spacial score (nSPS) is 22.6. The molecule has 1 aliphatic heterocycles. The van der Waals surface area contributed by atoms with Gasteiger partial charge in [-0.3, -0.25) is 0 Å². The fourth-order valence-corrected chi connectivity index (χ4v) is 1.64. The number of hydrogen-bond donors (Lipinski definition) is 0. The molecule has 1 saturated heterocycles. The van der Waals surface area contributed by atoms with Gasteiger partial charge in [0.2, 0.25) is 5.89 Å². The van der Waals surface area contributed by atoms with Gasteiger partial charge in [-0.05, 0) is 12.3 Å². The summed E-state index contributed by atoms with van der Waals surface area (Å²) in [6.45, 7) is 4.23. The van der Waals surface area contributed by atoms with Gasteiger partial charge in [-0.15, -0.1) is 16.7 Å². The third-order valence-corrected chi connectivity index (χ3v) is 2.49. The Morgan fingerprint density at radius 3 is 3.00 bits per heavy atom. The Morgan fingerprint density at radius 2 is 2.46 bits per heavy atom. The van der Waals surface area contributed by atoms with Gasteiger partial charge in [0.25, 0.3) is 0 Å². The molecule has 1 aliphatic rings. The van der Waals surface area contributed by atoms with Crippen molar-refractivity contribution in [2.45, 2.75) is 19.2 Å². The summed E-state index contributed by atoms with van der Waals surface area (Å²) in [4.78, 5) is 2.10. The predicted molar refractivity (Wildman–Crippen MR) is 49.8 cm³/mol. The lowest BCUT2D eigenvalue weighted by Crippen LogP contribution is -2.19. The molecule has 5 heteroatoms. The van der Waals surface area contributed by atoms with Crippen LogP contribution in [0.15, 0.2) is 4.42 Å². The number of rotatable bonds is 2. The van der Waals surface area contributed by atoms with Crippen LogP contribution >= 0.6 is 11.6 Å². The molecule has 0 saturated carbocycles. The number of halogens is 1. The van der Waals surface area contributed by atoms with E-state index in [9.17, 15) is 0 Å². The molecule has 0 aliphatic carbocycles. The lowest BCUT2D eigenvalue weighted by atomic mass is 10.2. The molecule has 1 fully saturated rings. The topological polar surface area (TPSA) is 42.2 Å². The highest BCUT2D eigenvalue weighted by atomic mass is 35.5. The molecule has 2 heterocycles. The fourth-order valence-electron chi connectivity index (χ4n) is 1.54. The van der Waals surface area contributed by atoms with E-state index in [4.69, 9.17) is 16.0 Å². The minimum atomic E-state index is 0.288. The van der Waals surface area contributed by atoms with E-state index in [1.807, 2.05) is 0 Å². The Labute approximate surface area is 81.9 Å². The largest absolute Gasteiger partial charge is 0.407 e. The summed E-state index contributed by atoms with van der Waals surface area (Å²) in [6, 6.07) is 0.611. The zero-order valence-electron chi connectivity index (χ0n) is 7.53. The Kier molecular flexibility index (Phi) is 2.40. The third-order valence-electron chi connectivity index (χ3n) is 2.26. The predicted octanol–water partition coefficient (Wildman–Crippen LogP) is 1.65. The van der Waals surface area contributed by atoms with Crippen molar-refractivity contribution < 1.29 is 4.42 Å². The van der Waals surface area contributed by atoms with Gasteiger partial charge in [-0.1, -0.05) is 12.0 Å². The van der Waals surface area contributed by atoms with E-state index < -0.39 is 0 Å². The second-order valence-corrected chi connectivity index (χ2v) is 3.72. The lowest BCUT2D eigenvalue weighted by molar-refractivity contribution is 0.506. The van der Waals surface area contributed by atoms with Crippen molar-refractivity contribution in [1.29, 1.82) is 0 Å². The van der Waals surface area contributed by atoms with Gasteiger partial charge in [0.05, 0.1) is 0 Å². The average Bonchev–Trinajstić information content (AvgIpc) is 2.71. The van der Waals surface area contributed by atoms with Gasteiger partial charge in [-0.2, -0.15) is 0 Å². The van der Waals surface area contributed by atoms with E-state index >= 15 is 0 Å². The average molecular weight is 202 g/mol. The lowest BCUT2D eigenvalue weighted by Gasteiger charge is -2.10. The van der Waals surface area contributed by atoms with E-state index in [0.29, 0.717) is 17.8 Å². The SMILES string of the molecule is CC1CCN(c2nnc(CCl)o2)C1. The van der Waals surface area contributed by atoms with E-state index in [1.165, 1.54) is 6.42 Å². The van der Waals surface area contributed by atoms with Crippen LogP contribution in [-0.2, 0) is 5.88 Å². The smallest absolute Gasteiger partial charge is 0.318 e. The summed E-state index contributed by atoms with van der Waals surface area (Å²) in [5, 5.41) is 7.74. The first-order chi connectivity index (χ1) is 6.29. The third kappa shape index (κ3) is 1.77. The zero-order valence-corrected chi connectivity index (χ0v) is 8.29. The molecule has 2 rings (SSSR count). The first-order valence-corrected chi connectivity index (χ1v) is 4.96. The van der Waals surface area contributed by atoms with Gasteiger partial charge < -0.3 is 9.32 Å². The van der Waals surface area contributed by atoms with Crippen LogP contribution < -0.4 is 4.90 Å². The molecule has 0 amide bonds. The molecule has 1 aromatic rings. The van der Waals surface area contributed by atoms with Crippen LogP contribution in [0.25, 0.3) is 0 Å². The maximum absolute atomic E-state index is 5.56. The Balaban J connectivity index is 2.08. The molecule has 1 aromatic heterocycles. The molecule has 0 bridgehead atoms. The first kappa shape index (κ1) is 8.81. The molecule has 0 spiro atoms. The van der Waals surface area contributed by atoms with Gasteiger partial charge in [0.1, 0.15) is 5.88 Å². The van der Waals surface area contributed by atoms with E-state index in [0.717, 1.165) is 13.1 Å². The maximum Gasteiger partial charge on any atom is 0.318 e. The van der Waals surface area contributed by atoms with Crippen LogP contribution in [0, 0.1) is 5.92 Å². The molecule has 1 unspecified atom stereocenters. The van der Waals surface area contributed by atoms with Gasteiger partial charge in [0, 0.05) is 13.1 Å². The number of hydrogen-bond acceptors (Lipinski definition) is 4. The summed E-state index contributed by atoms with van der Waals surface area (Å²) in [5.74, 6) is 1.50. The van der Waals surface area contributed by atoms with E-state index in [1.54, 1.807) is 0 Å². The van der Waals surface area contributed by atoms with E-state index in [-0.39, 0.29) is 5.88 Å². The van der Waals surface area contributed by atoms with Crippen LogP contribution in [0.4, 0.5) is 6.01 Å². The van der Waals surface area contributed by atoms with Crippen molar-refractivity contribution in [3.63, 3.8) is 0 Å². The Morgan fingerprint density at radius 1 is 1.62 bits per heavy atom. The molecular formula is C8H12ClN3O. The molecule has 0 aromatic carbocycles. The number of nitrogens with zero attached hydrogens (tertiary/aromatic N) is 3. The number of anilines is 1. The molecule has 72 valence electrons. The highest BCUT2D eigenvalue weighted by molar-refractivity contribution is 6.16. The van der Waals surface area contributed by atoms with Crippen molar-refractivity contribution in [1.82, 2.24) is 10.2 Å².